The Balaban J connectivity index is 1.47. The zero-order chi connectivity index (χ0) is 22.3. The molecule has 1 aliphatic heterocycles. The maximum absolute atomic E-state index is 11.5. The quantitative estimate of drug-likeness (QED) is 0.449. The van der Waals surface area contributed by atoms with Crippen LogP contribution in [0.3, 0.4) is 0 Å². The molecule has 31 heavy (non-hydrogen) atoms. The van der Waals surface area contributed by atoms with Crippen LogP contribution in [0.4, 0.5) is 0 Å². The summed E-state index contributed by atoms with van der Waals surface area (Å²) in [5.41, 5.74) is 2.93. The summed E-state index contributed by atoms with van der Waals surface area (Å²) in [4.78, 5) is 0. The summed E-state index contributed by atoms with van der Waals surface area (Å²) in [7, 11) is 0. The molecule has 5 aliphatic rings. The summed E-state index contributed by atoms with van der Waals surface area (Å²) in [6.45, 7) is 14.2. The minimum absolute atomic E-state index is 0.0656. The maximum Gasteiger partial charge on any atom is 0.118 e. The van der Waals surface area contributed by atoms with Gasteiger partial charge in [-0.3, -0.25) is 0 Å². The number of ether oxygens (including phenoxy) is 1. The molecule has 1 spiro atoms. The summed E-state index contributed by atoms with van der Waals surface area (Å²) in [5.74, 6) is 2.95. The lowest BCUT2D eigenvalue weighted by molar-refractivity contribution is -0.0512. The van der Waals surface area contributed by atoms with Gasteiger partial charge in [0.05, 0.1) is 6.10 Å². The molecule has 0 aromatic heterocycles. The average molecular weight is 429 g/mol. The van der Waals surface area contributed by atoms with Crippen LogP contribution in [0.15, 0.2) is 23.3 Å². The summed E-state index contributed by atoms with van der Waals surface area (Å²) >= 11 is 0. The lowest BCUT2D eigenvalue weighted by Crippen LogP contribution is -2.57. The van der Waals surface area contributed by atoms with Crippen LogP contribution in [0.5, 0.6) is 0 Å². The van der Waals surface area contributed by atoms with Crippen molar-refractivity contribution in [2.45, 2.75) is 110 Å². The molecule has 0 aromatic rings. The Labute approximate surface area is 189 Å². The monoisotopic (exact) mass is 428 g/mol. The van der Waals surface area contributed by atoms with E-state index in [0.717, 1.165) is 25.7 Å². The number of hydrogen-bond donors (Lipinski definition) is 2. The Kier molecular flexibility index (Phi) is 5.13. The summed E-state index contributed by atoms with van der Waals surface area (Å²) in [6.07, 6.45) is 11.4. The van der Waals surface area contributed by atoms with Gasteiger partial charge in [-0.1, -0.05) is 59.3 Å². The predicted molar refractivity (Wildman–Crippen MR) is 124 cm³/mol. The number of epoxide rings is 1. The van der Waals surface area contributed by atoms with Gasteiger partial charge in [0.2, 0.25) is 0 Å². The molecular weight excluding hydrogens is 384 g/mol. The third kappa shape index (κ3) is 2.95. The summed E-state index contributed by atoms with van der Waals surface area (Å²) < 4.78 is 6.33. The summed E-state index contributed by atoms with van der Waals surface area (Å²) in [5, 5.41) is 21.9. The van der Waals surface area contributed by atoms with E-state index in [2.05, 4.69) is 53.7 Å². The Morgan fingerprint density at radius 3 is 2.45 bits per heavy atom. The zero-order valence-corrected chi connectivity index (χ0v) is 20.5. The Morgan fingerprint density at radius 1 is 1.00 bits per heavy atom. The average Bonchev–Trinajstić information content (AvgIpc) is 3.34. The fourth-order valence-electron chi connectivity index (χ4n) is 8.48. The van der Waals surface area contributed by atoms with Crippen LogP contribution in [0.25, 0.3) is 0 Å². The van der Waals surface area contributed by atoms with Crippen LogP contribution in [0.2, 0.25) is 0 Å². The van der Waals surface area contributed by atoms with Gasteiger partial charge in [0.15, 0.2) is 0 Å². The van der Waals surface area contributed by atoms with Crippen molar-refractivity contribution in [3.8, 4) is 0 Å². The Hall–Kier alpha value is -0.640. The molecule has 3 saturated carbocycles. The molecule has 0 radical (unpaired) electrons. The van der Waals surface area contributed by atoms with Crippen molar-refractivity contribution < 1.29 is 14.9 Å². The number of rotatable bonds is 4. The lowest BCUT2D eigenvalue weighted by atomic mass is 9.48. The maximum atomic E-state index is 11.5. The zero-order valence-electron chi connectivity index (χ0n) is 20.5. The third-order valence-electron chi connectivity index (χ3n) is 10.9. The molecule has 3 heteroatoms. The van der Waals surface area contributed by atoms with E-state index in [1.54, 1.807) is 5.57 Å². The van der Waals surface area contributed by atoms with Gasteiger partial charge < -0.3 is 14.9 Å². The highest BCUT2D eigenvalue weighted by Crippen LogP contribution is 2.72. The molecule has 0 aromatic carbocycles. The second kappa shape index (κ2) is 7.18. The van der Waals surface area contributed by atoms with Crippen molar-refractivity contribution >= 4 is 0 Å². The number of aliphatic hydroxyl groups excluding tert-OH is 2. The van der Waals surface area contributed by atoms with Gasteiger partial charge in [0, 0.05) is 11.8 Å². The van der Waals surface area contributed by atoms with Crippen molar-refractivity contribution in [2.24, 2.45) is 40.4 Å². The van der Waals surface area contributed by atoms with E-state index >= 15 is 0 Å². The highest BCUT2D eigenvalue weighted by atomic mass is 16.6. The first kappa shape index (κ1) is 22.2. The molecule has 4 fully saturated rings. The second-order valence-electron chi connectivity index (χ2n) is 12.6. The lowest BCUT2D eigenvalue weighted by Gasteiger charge is -2.55. The van der Waals surface area contributed by atoms with E-state index in [1.165, 1.54) is 18.4 Å². The Morgan fingerprint density at radius 2 is 1.74 bits per heavy atom. The topological polar surface area (TPSA) is 53.0 Å². The number of allylic oxidation sites excluding steroid dienone is 3. The number of fused-ring (bicyclic) bond motifs is 3. The molecule has 3 nitrogen and oxygen atoms in total. The van der Waals surface area contributed by atoms with E-state index in [1.807, 2.05) is 0 Å². The first-order chi connectivity index (χ1) is 14.5. The van der Waals surface area contributed by atoms with Gasteiger partial charge in [-0.15, -0.1) is 0 Å². The molecule has 10 atom stereocenters. The fraction of sp³-hybridized carbons (Fsp3) is 0.857. The third-order valence-corrected chi connectivity index (χ3v) is 10.9. The van der Waals surface area contributed by atoms with Gasteiger partial charge in [-0.25, -0.2) is 0 Å². The van der Waals surface area contributed by atoms with Gasteiger partial charge in [-0.2, -0.15) is 0 Å². The van der Waals surface area contributed by atoms with E-state index in [-0.39, 0.29) is 28.6 Å². The van der Waals surface area contributed by atoms with Crippen LogP contribution in [-0.4, -0.2) is 34.1 Å². The number of hydrogen-bond acceptors (Lipinski definition) is 3. The minimum Gasteiger partial charge on any atom is -0.393 e. The smallest absolute Gasteiger partial charge is 0.118 e. The first-order valence-corrected chi connectivity index (χ1v) is 13.0. The van der Waals surface area contributed by atoms with Crippen LogP contribution in [0.1, 0.15) is 86.5 Å². The van der Waals surface area contributed by atoms with E-state index in [0.29, 0.717) is 36.0 Å². The SMILES string of the molecule is CC(C)[C@@H](C)/C=C/[C@@H](C)[C@H]1CCC2=C3[C@@H](CC[C@@]21C)[C@@]1(C)CC[C@H](O)C[C@@]12O[C@H]2[C@H]3O. The van der Waals surface area contributed by atoms with Crippen molar-refractivity contribution in [1.29, 1.82) is 0 Å². The standard InChI is InChI=1S/C28H44O3/c1-16(2)17(3)7-8-18(4)20-9-10-21-23-22(12-13-26(20,21)5)27(6)14-11-19(29)15-28(27)25(31-28)24(23)30/h7-8,16-20,22,24-25,29-30H,9-15H2,1-6H3/b8-7+/t17-,18+,19-,20+,22+,24-,25-,26+,27+,28-/m0/s1. The number of aliphatic hydroxyl groups is 2. The fourth-order valence-corrected chi connectivity index (χ4v) is 8.48. The van der Waals surface area contributed by atoms with E-state index in [4.69, 9.17) is 4.74 Å². The van der Waals surface area contributed by atoms with Crippen molar-refractivity contribution in [1.82, 2.24) is 0 Å². The van der Waals surface area contributed by atoms with Gasteiger partial charge in [0.25, 0.3) is 0 Å². The highest BCUT2D eigenvalue weighted by molar-refractivity contribution is 5.43. The molecule has 174 valence electrons. The van der Waals surface area contributed by atoms with Crippen LogP contribution in [-0.2, 0) is 4.74 Å². The van der Waals surface area contributed by atoms with Crippen molar-refractivity contribution in [3.63, 3.8) is 0 Å². The minimum atomic E-state index is -0.469. The van der Waals surface area contributed by atoms with Crippen LogP contribution in [0, 0.1) is 40.4 Å². The van der Waals surface area contributed by atoms with Gasteiger partial charge >= 0.3 is 0 Å². The molecule has 5 rings (SSSR count). The molecular formula is C28H44O3. The summed E-state index contributed by atoms with van der Waals surface area (Å²) in [6, 6.07) is 0. The molecule has 0 amide bonds. The molecule has 0 bridgehead atoms. The second-order valence-corrected chi connectivity index (χ2v) is 12.6. The van der Waals surface area contributed by atoms with Gasteiger partial charge in [0.1, 0.15) is 17.8 Å². The van der Waals surface area contributed by atoms with Crippen LogP contribution < -0.4 is 0 Å². The van der Waals surface area contributed by atoms with E-state index < -0.39 is 6.10 Å². The van der Waals surface area contributed by atoms with Crippen LogP contribution >= 0.6 is 0 Å². The molecule has 1 heterocycles. The highest BCUT2D eigenvalue weighted by Gasteiger charge is 2.77. The predicted octanol–water partition coefficient (Wildman–Crippen LogP) is 5.66. The first-order valence-electron chi connectivity index (χ1n) is 13.0. The molecule has 1 saturated heterocycles. The van der Waals surface area contributed by atoms with E-state index in [9.17, 15) is 10.2 Å². The molecule has 0 unspecified atom stereocenters. The normalized spacial score (nSPS) is 50.7. The largest absolute Gasteiger partial charge is 0.393 e. The molecule has 2 N–H and O–H groups in total. The Bertz CT molecular complexity index is 798. The molecule has 4 aliphatic carbocycles. The van der Waals surface area contributed by atoms with Gasteiger partial charge in [-0.05, 0) is 79.1 Å². The van der Waals surface area contributed by atoms with Crippen molar-refractivity contribution in [2.75, 3.05) is 0 Å². The van der Waals surface area contributed by atoms with Crippen molar-refractivity contribution in [3.05, 3.63) is 23.3 Å².